The first-order chi connectivity index (χ1) is 13.0. The summed E-state index contributed by atoms with van der Waals surface area (Å²) in [6.45, 7) is 0.786. The molecule has 0 atom stereocenters. The topological polar surface area (TPSA) is 104 Å². The van der Waals surface area contributed by atoms with E-state index in [1.54, 1.807) is 12.1 Å². The second-order valence-electron chi connectivity index (χ2n) is 7.33. The second-order valence-corrected chi connectivity index (χ2v) is 7.74. The van der Waals surface area contributed by atoms with Crippen molar-refractivity contribution in [3.8, 4) is 11.3 Å². The number of hydrogen-bond acceptors (Lipinski definition) is 4. The van der Waals surface area contributed by atoms with Crippen LogP contribution in [0.3, 0.4) is 0 Å². The highest BCUT2D eigenvalue weighted by Crippen LogP contribution is 2.27. The molecule has 1 aromatic carbocycles. The van der Waals surface area contributed by atoms with E-state index >= 15 is 0 Å². The predicted molar refractivity (Wildman–Crippen MR) is 107 cm³/mol. The molecule has 0 bridgehead atoms. The third-order valence-electron chi connectivity index (χ3n) is 5.16. The van der Waals surface area contributed by atoms with E-state index in [0.29, 0.717) is 23.6 Å². The Morgan fingerprint density at radius 2 is 2.00 bits per heavy atom. The smallest absolute Gasteiger partial charge is 0.252 e. The summed E-state index contributed by atoms with van der Waals surface area (Å²) in [6.07, 6.45) is 6.42. The van der Waals surface area contributed by atoms with Gasteiger partial charge in [0, 0.05) is 24.2 Å². The van der Waals surface area contributed by atoms with E-state index in [9.17, 15) is 9.90 Å². The van der Waals surface area contributed by atoms with E-state index in [2.05, 4.69) is 15.5 Å². The molecule has 1 heterocycles. The predicted octanol–water partition coefficient (Wildman–Crippen LogP) is 3.05. The first-order valence-electron chi connectivity index (χ1n) is 9.56. The lowest BCUT2D eigenvalue weighted by Crippen LogP contribution is -2.42. The summed E-state index contributed by atoms with van der Waals surface area (Å²) in [6, 6.07) is 7.19. The van der Waals surface area contributed by atoms with E-state index < -0.39 is 5.60 Å². The van der Waals surface area contributed by atoms with Gasteiger partial charge in [0.2, 0.25) is 0 Å². The molecule has 5 N–H and O–H groups in total. The van der Waals surface area contributed by atoms with Gasteiger partial charge >= 0.3 is 0 Å². The zero-order valence-corrected chi connectivity index (χ0v) is 16.2. The quantitative estimate of drug-likeness (QED) is 0.569. The lowest BCUT2D eigenvalue weighted by Gasteiger charge is -2.26. The van der Waals surface area contributed by atoms with Gasteiger partial charge in [0.1, 0.15) is 0 Å². The van der Waals surface area contributed by atoms with E-state index in [1.165, 1.54) is 0 Å². The van der Waals surface area contributed by atoms with Crippen LogP contribution in [0.1, 0.15) is 54.6 Å². The van der Waals surface area contributed by atoms with Crippen molar-refractivity contribution in [3.63, 3.8) is 0 Å². The number of amides is 1. The highest BCUT2D eigenvalue weighted by Gasteiger charge is 2.28. The maximum absolute atomic E-state index is 12.7. The molecule has 146 valence electrons. The standard InChI is InChI=1S/C20H27ClN4O2/c21-17-6-5-14(18-12-15(7-10-22)24-25-18)11-16(17)19(26)23-13-20(27)8-3-1-2-4-9-20/h5-6,11-12,27H,1-4,7-10,13,22H2,(H,23,26)(H,24,25). The third kappa shape index (κ3) is 5.09. The van der Waals surface area contributed by atoms with E-state index in [4.69, 9.17) is 17.3 Å². The van der Waals surface area contributed by atoms with Crippen molar-refractivity contribution in [1.82, 2.24) is 15.5 Å². The zero-order valence-electron chi connectivity index (χ0n) is 15.4. The largest absolute Gasteiger partial charge is 0.388 e. The van der Waals surface area contributed by atoms with Gasteiger partial charge in [-0.15, -0.1) is 0 Å². The second kappa shape index (κ2) is 8.87. The van der Waals surface area contributed by atoms with Gasteiger partial charge in [-0.3, -0.25) is 9.89 Å². The van der Waals surface area contributed by atoms with Crippen LogP contribution in [-0.2, 0) is 6.42 Å². The first kappa shape index (κ1) is 19.9. The van der Waals surface area contributed by atoms with Crippen molar-refractivity contribution in [2.45, 2.75) is 50.5 Å². The summed E-state index contributed by atoms with van der Waals surface area (Å²) >= 11 is 6.25. The fourth-order valence-corrected chi connectivity index (χ4v) is 3.76. The molecule has 27 heavy (non-hydrogen) atoms. The number of nitrogens with two attached hydrogens (primary N) is 1. The third-order valence-corrected chi connectivity index (χ3v) is 5.49. The monoisotopic (exact) mass is 390 g/mol. The van der Waals surface area contributed by atoms with Crippen molar-refractivity contribution in [2.24, 2.45) is 5.73 Å². The summed E-state index contributed by atoms with van der Waals surface area (Å²) in [4.78, 5) is 12.7. The minimum atomic E-state index is -0.824. The number of nitrogens with one attached hydrogen (secondary N) is 2. The van der Waals surface area contributed by atoms with Gasteiger partial charge in [-0.25, -0.2) is 0 Å². The van der Waals surface area contributed by atoms with Gasteiger partial charge in [0.15, 0.2) is 0 Å². The first-order valence-corrected chi connectivity index (χ1v) is 9.93. The van der Waals surface area contributed by atoms with Crippen molar-refractivity contribution < 1.29 is 9.90 Å². The van der Waals surface area contributed by atoms with Gasteiger partial charge in [-0.1, -0.05) is 43.4 Å². The number of halogens is 1. The van der Waals surface area contributed by atoms with E-state index in [-0.39, 0.29) is 12.5 Å². The fraction of sp³-hybridized carbons (Fsp3) is 0.500. The van der Waals surface area contributed by atoms with Crippen LogP contribution in [0.5, 0.6) is 0 Å². The van der Waals surface area contributed by atoms with Gasteiger partial charge in [0.05, 0.1) is 21.9 Å². The van der Waals surface area contributed by atoms with Crippen molar-refractivity contribution in [2.75, 3.05) is 13.1 Å². The molecular formula is C20H27ClN4O2. The molecule has 1 saturated carbocycles. The highest BCUT2D eigenvalue weighted by molar-refractivity contribution is 6.34. The molecule has 0 aliphatic heterocycles. The van der Waals surface area contributed by atoms with Gasteiger partial charge in [-0.2, -0.15) is 5.10 Å². The molecular weight excluding hydrogens is 364 g/mol. The Labute approximate surface area is 164 Å². The van der Waals surface area contributed by atoms with Crippen LogP contribution in [0, 0.1) is 0 Å². The van der Waals surface area contributed by atoms with Crippen molar-refractivity contribution in [3.05, 3.63) is 40.5 Å². The molecule has 1 aromatic heterocycles. The summed E-state index contributed by atoms with van der Waals surface area (Å²) in [7, 11) is 0. The lowest BCUT2D eigenvalue weighted by atomic mass is 9.94. The lowest BCUT2D eigenvalue weighted by molar-refractivity contribution is 0.0246. The Balaban J connectivity index is 1.72. The molecule has 3 rings (SSSR count). The number of aromatic nitrogens is 2. The molecule has 1 amide bonds. The molecule has 0 spiro atoms. The number of aliphatic hydroxyl groups is 1. The minimum absolute atomic E-state index is 0.245. The number of H-pyrrole nitrogens is 1. The number of rotatable bonds is 6. The van der Waals surface area contributed by atoms with E-state index in [1.807, 2.05) is 12.1 Å². The summed E-state index contributed by atoms with van der Waals surface area (Å²) in [5.41, 5.74) is 7.62. The minimum Gasteiger partial charge on any atom is -0.388 e. The Morgan fingerprint density at radius 1 is 1.26 bits per heavy atom. The molecule has 0 radical (unpaired) electrons. The maximum atomic E-state index is 12.7. The van der Waals surface area contributed by atoms with Crippen LogP contribution in [0.4, 0.5) is 0 Å². The zero-order chi connectivity index (χ0) is 19.3. The van der Waals surface area contributed by atoms with Crippen LogP contribution in [0.25, 0.3) is 11.3 Å². The normalized spacial score (nSPS) is 16.7. The SMILES string of the molecule is NCCc1cc(-c2ccc(Cl)c(C(=O)NCC3(O)CCCCCC3)c2)n[nH]1. The summed E-state index contributed by atoms with van der Waals surface area (Å²) < 4.78 is 0. The van der Waals surface area contributed by atoms with Crippen LogP contribution in [0.2, 0.25) is 5.02 Å². The summed E-state index contributed by atoms with van der Waals surface area (Å²) in [5, 5.41) is 21.2. The summed E-state index contributed by atoms with van der Waals surface area (Å²) in [5.74, 6) is -0.280. The molecule has 1 aliphatic carbocycles. The molecule has 0 unspecified atom stereocenters. The van der Waals surface area contributed by atoms with Crippen LogP contribution in [-0.4, -0.2) is 39.9 Å². The van der Waals surface area contributed by atoms with Crippen LogP contribution < -0.4 is 11.1 Å². The number of hydrogen-bond donors (Lipinski definition) is 4. The van der Waals surface area contributed by atoms with Gasteiger partial charge in [0.25, 0.3) is 5.91 Å². The van der Waals surface area contributed by atoms with E-state index in [0.717, 1.165) is 55.5 Å². The van der Waals surface area contributed by atoms with Crippen LogP contribution in [0.15, 0.2) is 24.3 Å². The Morgan fingerprint density at radius 3 is 2.70 bits per heavy atom. The maximum Gasteiger partial charge on any atom is 0.252 e. The van der Waals surface area contributed by atoms with Crippen LogP contribution >= 0.6 is 11.6 Å². The Hall–Kier alpha value is -1.89. The number of benzene rings is 1. The molecule has 2 aromatic rings. The molecule has 6 nitrogen and oxygen atoms in total. The average Bonchev–Trinajstić information content (AvgIpc) is 3.01. The van der Waals surface area contributed by atoms with Crippen molar-refractivity contribution >= 4 is 17.5 Å². The van der Waals surface area contributed by atoms with Gasteiger partial charge < -0.3 is 16.2 Å². The molecule has 0 saturated heterocycles. The number of carbonyl (C=O) groups excluding carboxylic acids is 1. The number of nitrogens with zero attached hydrogens (tertiary/aromatic N) is 1. The molecule has 1 fully saturated rings. The van der Waals surface area contributed by atoms with Crippen molar-refractivity contribution in [1.29, 1.82) is 0 Å². The highest BCUT2D eigenvalue weighted by atomic mass is 35.5. The molecule has 1 aliphatic rings. The fourth-order valence-electron chi connectivity index (χ4n) is 3.56. The average molecular weight is 391 g/mol. The van der Waals surface area contributed by atoms with Gasteiger partial charge in [-0.05, 0) is 37.6 Å². The molecule has 7 heteroatoms. The number of carbonyl (C=O) groups is 1. The number of aromatic amines is 1. The Bertz CT molecular complexity index is 782. The Kier molecular flexibility index (Phi) is 6.52.